The van der Waals surface area contributed by atoms with Crippen LogP contribution in [0.5, 0.6) is 0 Å². The van der Waals surface area contributed by atoms with E-state index in [2.05, 4.69) is 5.32 Å². The Kier molecular flexibility index (Phi) is 4.14. The molecule has 0 aromatic heterocycles. The van der Waals surface area contributed by atoms with Gasteiger partial charge < -0.3 is 10.1 Å². The van der Waals surface area contributed by atoms with E-state index in [1.807, 2.05) is 12.1 Å². The van der Waals surface area contributed by atoms with Gasteiger partial charge >= 0.3 is 0 Å². The van der Waals surface area contributed by atoms with Crippen molar-refractivity contribution >= 4 is 0 Å². The fourth-order valence-corrected chi connectivity index (χ4v) is 2.71. The number of nitrogens with one attached hydrogen (secondary N) is 1. The van der Waals surface area contributed by atoms with E-state index in [1.54, 1.807) is 12.1 Å². The lowest BCUT2D eigenvalue weighted by molar-refractivity contribution is 0.119. The molecular formula is C16H22FNO. The first-order valence-corrected chi connectivity index (χ1v) is 7.38. The zero-order valence-corrected chi connectivity index (χ0v) is 11.3. The standard InChI is InChI=1S/C16H22FNO/c17-16-4-2-1-3-15(16)13-9-14(10-13)18-7-8-19-11-12-5-6-12/h1-4,12-14,18H,5-11H2. The van der Waals surface area contributed by atoms with Gasteiger partial charge in [0.1, 0.15) is 5.82 Å². The molecule has 0 radical (unpaired) electrons. The molecule has 0 spiro atoms. The van der Waals surface area contributed by atoms with Gasteiger partial charge in [0.25, 0.3) is 0 Å². The molecule has 2 fully saturated rings. The van der Waals surface area contributed by atoms with Crippen molar-refractivity contribution in [1.82, 2.24) is 5.32 Å². The van der Waals surface area contributed by atoms with Gasteiger partial charge in [-0.05, 0) is 49.1 Å². The van der Waals surface area contributed by atoms with E-state index in [9.17, 15) is 4.39 Å². The molecule has 3 heteroatoms. The Hall–Kier alpha value is -0.930. The maximum Gasteiger partial charge on any atom is 0.126 e. The van der Waals surface area contributed by atoms with E-state index in [0.717, 1.165) is 44.1 Å². The van der Waals surface area contributed by atoms with E-state index in [1.165, 1.54) is 12.8 Å². The van der Waals surface area contributed by atoms with E-state index >= 15 is 0 Å². The normalized spacial score (nSPS) is 26.2. The molecule has 2 saturated carbocycles. The minimum atomic E-state index is -0.0567. The first-order chi connectivity index (χ1) is 9.33. The van der Waals surface area contributed by atoms with Crippen molar-refractivity contribution in [2.24, 2.45) is 5.92 Å². The van der Waals surface area contributed by atoms with Gasteiger partial charge in [-0.2, -0.15) is 0 Å². The molecule has 0 heterocycles. The molecule has 1 aromatic rings. The summed E-state index contributed by atoms with van der Waals surface area (Å²) in [6.07, 6.45) is 4.79. The van der Waals surface area contributed by atoms with Crippen LogP contribution in [-0.2, 0) is 4.74 Å². The van der Waals surface area contributed by atoms with Gasteiger partial charge in [0.15, 0.2) is 0 Å². The number of benzene rings is 1. The van der Waals surface area contributed by atoms with E-state index in [-0.39, 0.29) is 5.82 Å². The van der Waals surface area contributed by atoms with Crippen molar-refractivity contribution in [2.75, 3.05) is 19.8 Å². The van der Waals surface area contributed by atoms with Crippen LogP contribution in [0.3, 0.4) is 0 Å². The summed E-state index contributed by atoms with van der Waals surface area (Å²) in [6, 6.07) is 7.68. The molecule has 104 valence electrons. The van der Waals surface area contributed by atoms with Crippen molar-refractivity contribution in [3.8, 4) is 0 Å². The van der Waals surface area contributed by atoms with Gasteiger partial charge in [0, 0.05) is 19.2 Å². The van der Waals surface area contributed by atoms with Crippen molar-refractivity contribution in [3.05, 3.63) is 35.6 Å². The van der Waals surface area contributed by atoms with Crippen LogP contribution in [-0.4, -0.2) is 25.8 Å². The van der Waals surface area contributed by atoms with Crippen LogP contribution in [0.15, 0.2) is 24.3 Å². The number of halogens is 1. The molecule has 0 unspecified atom stereocenters. The van der Waals surface area contributed by atoms with E-state index in [0.29, 0.717) is 12.0 Å². The smallest absolute Gasteiger partial charge is 0.126 e. The van der Waals surface area contributed by atoms with Crippen LogP contribution in [0.1, 0.15) is 37.2 Å². The zero-order chi connectivity index (χ0) is 13.1. The molecule has 3 rings (SSSR count). The largest absolute Gasteiger partial charge is 0.380 e. The topological polar surface area (TPSA) is 21.3 Å². The molecule has 0 amide bonds. The average molecular weight is 263 g/mol. The van der Waals surface area contributed by atoms with Crippen molar-refractivity contribution in [2.45, 2.75) is 37.6 Å². The highest BCUT2D eigenvalue weighted by Gasteiger charge is 2.31. The van der Waals surface area contributed by atoms with Crippen LogP contribution < -0.4 is 5.32 Å². The highest BCUT2D eigenvalue weighted by atomic mass is 19.1. The van der Waals surface area contributed by atoms with E-state index < -0.39 is 0 Å². The van der Waals surface area contributed by atoms with Gasteiger partial charge in [-0.3, -0.25) is 0 Å². The lowest BCUT2D eigenvalue weighted by Crippen LogP contribution is -2.41. The summed E-state index contributed by atoms with van der Waals surface area (Å²) >= 11 is 0. The maximum absolute atomic E-state index is 13.6. The molecule has 2 aliphatic carbocycles. The Morgan fingerprint density at radius 1 is 1.21 bits per heavy atom. The van der Waals surface area contributed by atoms with Gasteiger partial charge in [-0.1, -0.05) is 18.2 Å². The van der Waals surface area contributed by atoms with E-state index in [4.69, 9.17) is 4.74 Å². The molecule has 2 nitrogen and oxygen atoms in total. The lowest BCUT2D eigenvalue weighted by atomic mass is 9.75. The van der Waals surface area contributed by atoms with Crippen LogP contribution in [0, 0.1) is 11.7 Å². The molecule has 0 saturated heterocycles. The second-order valence-corrected chi connectivity index (χ2v) is 5.86. The fourth-order valence-electron chi connectivity index (χ4n) is 2.71. The average Bonchev–Trinajstić information content (AvgIpc) is 3.17. The second kappa shape index (κ2) is 6.02. The Labute approximate surface area is 114 Å². The minimum absolute atomic E-state index is 0.0567. The molecule has 0 atom stereocenters. The Balaban J connectivity index is 1.30. The second-order valence-electron chi connectivity index (χ2n) is 5.86. The summed E-state index contributed by atoms with van der Waals surface area (Å²) in [5, 5.41) is 3.48. The third-order valence-corrected chi connectivity index (χ3v) is 4.21. The van der Waals surface area contributed by atoms with Crippen LogP contribution in [0.4, 0.5) is 4.39 Å². The predicted octanol–water partition coefficient (Wildman–Crippen LogP) is 3.09. The van der Waals surface area contributed by atoms with Crippen molar-refractivity contribution in [1.29, 1.82) is 0 Å². The minimum Gasteiger partial charge on any atom is -0.380 e. The summed E-state index contributed by atoms with van der Waals surface area (Å²) in [5.41, 5.74) is 0.880. The Morgan fingerprint density at radius 3 is 2.74 bits per heavy atom. The third-order valence-electron chi connectivity index (χ3n) is 4.21. The number of rotatable bonds is 7. The van der Waals surface area contributed by atoms with Crippen molar-refractivity contribution < 1.29 is 9.13 Å². The molecule has 1 aromatic carbocycles. The van der Waals surface area contributed by atoms with Crippen LogP contribution in [0.2, 0.25) is 0 Å². The number of hydrogen-bond acceptors (Lipinski definition) is 2. The summed E-state index contributed by atoms with van der Waals surface area (Å²) < 4.78 is 19.2. The molecule has 2 aliphatic rings. The maximum atomic E-state index is 13.6. The first kappa shape index (κ1) is 13.1. The first-order valence-electron chi connectivity index (χ1n) is 7.38. The van der Waals surface area contributed by atoms with Gasteiger partial charge in [-0.15, -0.1) is 0 Å². The van der Waals surface area contributed by atoms with Gasteiger partial charge in [-0.25, -0.2) is 4.39 Å². The highest BCUT2D eigenvalue weighted by molar-refractivity contribution is 5.24. The Bertz CT molecular complexity index is 413. The lowest BCUT2D eigenvalue weighted by Gasteiger charge is -2.36. The summed E-state index contributed by atoms with van der Waals surface area (Å²) in [4.78, 5) is 0. The number of hydrogen-bond donors (Lipinski definition) is 1. The fraction of sp³-hybridized carbons (Fsp3) is 0.625. The SMILES string of the molecule is Fc1ccccc1C1CC(NCCOCC2CC2)C1. The molecule has 0 aliphatic heterocycles. The molecule has 19 heavy (non-hydrogen) atoms. The third kappa shape index (κ3) is 3.54. The van der Waals surface area contributed by atoms with Crippen molar-refractivity contribution in [3.63, 3.8) is 0 Å². The zero-order valence-electron chi connectivity index (χ0n) is 11.3. The molecular weight excluding hydrogens is 241 g/mol. The molecule has 1 N–H and O–H groups in total. The summed E-state index contributed by atoms with van der Waals surface area (Å²) in [7, 11) is 0. The van der Waals surface area contributed by atoms with Gasteiger partial charge in [0.2, 0.25) is 0 Å². The summed E-state index contributed by atoms with van der Waals surface area (Å²) in [5.74, 6) is 1.18. The molecule has 0 bridgehead atoms. The van der Waals surface area contributed by atoms with Gasteiger partial charge in [0.05, 0.1) is 6.61 Å². The number of ether oxygens (including phenoxy) is 1. The highest BCUT2D eigenvalue weighted by Crippen LogP contribution is 2.37. The Morgan fingerprint density at radius 2 is 2.00 bits per heavy atom. The monoisotopic (exact) mass is 263 g/mol. The van der Waals surface area contributed by atoms with Crippen LogP contribution >= 0.6 is 0 Å². The quantitative estimate of drug-likeness (QED) is 0.763. The predicted molar refractivity (Wildman–Crippen MR) is 73.7 cm³/mol. The summed E-state index contributed by atoms with van der Waals surface area (Å²) in [6.45, 7) is 2.66. The van der Waals surface area contributed by atoms with Crippen LogP contribution in [0.25, 0.3) is 0 Å².